The summed E-state index contributed by atoms with van der Waals surface area (Å²) in [5.74, 6) is -0.427. The van der Waals surface area contributed by atoms with Gasteiger partial charge in [0.15, 0.2) is 0 Å². The number of urea groups is 2. The predicted octanol–water partition coefficient (Wildman–Crippen LogP) is 2.73. The number of nitrogens with one attached hydrogen (secondary N) is 2. The molecule has 1 saturated heterocycles. The van der Waals surface area contributed by atoms with E-state index in [1.165, 1.54) is 24.3 Å². The number of benzene rings is 2. The number of halogens is 1. The van der Waals surface area contributed by atoms with Gasteiger partial charge in [0, 0.05) is 58.4 Å². The third-order valence-corrected chi connectivity index (χ3v) is 5.24. The lowest BCUT2D eigenvalue weighted by molar-refractivity contribution is -0.132. The van der Waals surface area contributed by atoms with Crippen LogP contribution < -0.4 is 10.6 Å². The Kier molecular flexibility index (Phi) is 8.02. The topological polar surface area (TPSA) is 85.0 Å². The summed E-state index contributed by atoms with van der Waals surface area (Å²) in [5.41, 5.74) is 1.55. The summed E-state index contributed by atoms with van der Waals surface area (Å²) in [7, 11) is 1.71. The van der Waals surface area contributed by atoms with E-state index >= 15 is 0 Å². The molecule has 3 rings (SSSR count). The lowest BCUT2D eigenvalue weighted by Gasteiger charge is -2.34. The van der Waals surface area contributed by atoms with Crippen LogP contribution in [0.2, 0.25) is 0 Å². The molecule has 1 heterocycles. The van der Waals surface area contributed by atoms with E-state index in [-0.39, 0.29) is 36.8 Å². The Hall–Kier alpha value is -3.62. The first-order valence-corrected chi connectivity index (χ1v) is 10.5. The van der Waals surface area contributed by atoms with Crippen molar-refractivity contribution >= 4 is 23.7 Å². The van der Waals surface area contributed by atoms with Crippen LogP contribution in [0.1, 0.15) is 12.0 Å². The average molecular weight is 442 g/mol. The number of nitrogens with zero attached hydrogens (tertiary/aromatic N) is 3. The van der Waals surface area contributed by atoms with Crippen molar-refractivity contribution in [1.29, 1.82) is 0 Å². The van der Waals surface area contributed by atoms with Crippen LogP contribution in [0.15, 0.2) is 54.6 Å². The summed E-state index contributed by atoms with van der Waals surface area (Å²) in [6, 6.07) is 14.7. The molecule has 0 atom stereocenters. The van der Waals surface area contributed by atoms with Crippen LogP contribution in [0.4, 0.5) is 19.7 Å². The first-order valence-electron chi connectivity index (χ1n) is 10.5. The van der Waals surface area contributed by atoms with E-state index in [1.807, 2.05) is 30.3 Å². The maximum Gasteiger partial charge on any atom is 0.321 e. The highest BCUT2D eigenvalue weighted by Gasteiger charge is 2.24. The SMILES string of the molecule is CN(Cc1ccccc1)C(=O)NCCC(=O)N1CCN(C(=O)Nc2ccc(F)cc2)CC1. The molecule has 170 valence electrons. The van der Waals surface area contributed by atoms with Crippen LogP contribution in [0.25, 0.3) is 0 Å². The zero-order chi connectivity index (χ0) is 22.9. The van der Waals surface area contributed by atoms with E-state index in [0.717, 1.165) is 5.56 Å². The minimum absolute atomic E-state index is 0.0606. The third-order valence-electron chi connectivity index (χ3n) is 5.24. The molecule has 32 heavy (non-hydrogen) atoms. The fourth-order valence-corrected chi connectivity index (χ4v) is 3.39. The number of piperazine rings is 1. The Morgan fingerprint density at radius 3 is 2.22 bits per heavy atom. The van der Waals surface area contributed by atoms with E-state index in [4.69, 9.17) is 0 Å². The zero-order valence-corrected chi connectivity index (χ0v) is 18.1. The minimum Gasteiger partial charge on any atom is -0.339 e. The largest absolute Gasteiger partial charge is 0.339 e. The lowest BCUT2D eigenvalue weighted by atomic mass is 10.2. The van der Waals surface area contributed by atoms with Crippen molar-refractivity contribution in [2.24, 2.45) is 0 Å². The molecular weight excluding hydrogens is 413 g/mol. The summed E-state index contributed by atoms with van der Waals surface area (Å²) in [5, 5.41) is 5.49. The Bertz CT molecular complexity index is 915. The number of hydrogen-bond donors (Lipinski definition) is 2. The normalized spacial score (nSPS) is 13.4. The standard InChI is InChI=1S/C23H28FN5O3/c1-27(17-18-5-3-2-4-6-18)22(31)25-12-11-21(30)28-13-15-29(16-14-28)23(32)26-20-9-7-19(24)8-10-20/h2-10H,11-17H2,1H3,(H,25,31)(H,26,32). The maximum atomic E-state index is 13.0. The minimum atomic E-state index is -0.367. The molecule has 2 aromatic carbocycles. The molecule has 0 unspecified atom stereocenters. The smallest absolute Gasteiger partial charge is 0.321 e. The van der Waals surface area contributed by atoms with Gasteiger partial charge >= 0.3 is 12.1 Å². The van der Waals surface area contributed by atoms with Crippen LogP contribution in [0, 0.1) is 5.82 Å². The van der Waals surface area contributed by atoms with E-state index < -0.39 is 0 Å². The number of rotatable bonds is 6. The van der Waals surface area contributed by atoms with Crippen molar-refractivity contribution in [2.45, 2.75) is 13.0 Å². The highest BCUT2D eigenvalue weighted by atomic mass is 19.1. The number of hydrogen-bond acceptors (Lipinski definition) is 3. The molecule has 5 amide bonds. The van der Waals surface area contributed by atoms with E-state index in [2.05, 4.69) is 10.6 Å². The van der Waals surface area contributed by atoms with E-state index in [0.29, 0.717) is 38.4 Å². The summed E-state index contributed by atoms with van der Waals surface area (Å²) in [4.78, 5) is 41.9. The molecule has 9 heteroatoms. The zero-order valence-electron chi connectivity index (χ0n) is 18.1. The van der Waals surface area contributed by atoms with Crippen molar-refractivity contribution < 1.29 is 18.8 Å². The van der Waals surface area contributed by atoms with Crippen LogP contribution in [-0.2, 0) is 11.3 Å². The molecule has 0 saturated carbocycles. The van der Waals surface area contributed by atoms with Gasteiger partial charge in [-0.15, -0.1) is 0 Å². The summed E-state index contributed by atoms with van der Waals surface area (Å²) in [6.07, 6.45) is 0.201. The van der Waals surface area contributed by atoms with Crippen molar-refractivity contribution in [2.75, 3.05) is 45.1 Å². The molecule has 1 aliphatic rings. The lowest BCUT2D eigenvalue weighted by Crippen LogP contribution is -2.52. The Labute approximate surface area is 187 Å². The molecule has 1 aliphatic heterocycles. The van der Waals surface area contributed by atoms with Gasteiger partial charge in [-0.3, -0.25) is 4.79 Å². The number of carbonyl (C=O) groups excluding carboxylic acids is 3. The Morgan fingerprint density at radius 2 is 1.56 bits per heavy atom. The quantitative estimate of drug-likeness (QED) is 0.723. The molecule has 0 aliphatic carbocycles. The first kappa shape index (κ1) is 23.1. The second kappa shape index (κ2) is 11.1. The number of amides is 5. The summed E-state index contributed by atoms with van der Waals surface area (Å²) in [6.45, 7) is 2.41. The van der Waals surface area contributed by atoms with E-state index in [1.54, 1.807) is 21.7 Å². The van der Waals surface area contributed by atoms with Gasteiger partial charge in [-0.2, -0.15) is 0 Å². The Morgan fingerprint density at radius 1 is 0.938 bits per heavy atom. The molecule has 0 spiro atoms. The summed E-state index contributed by atoms with van der Waals surface area (Å²) >= 11 is 0. The molecule has 1 fully saturated rings. The highest BCUT2D eigenvalue weighted by Crippen LogP contribution is 2.11. The molecular formula is C23H28FN5O3. The molecule has 2 aromatic rings. The second-order valence-electron chi connectivity index (χ2n) is 7.63. The maximum absolute atomic E-state index is 13.0. The highest BCUT2D eigenvalue weighted by molar-refractivity contribution is 5.89. The number of anilines is 1. The molecule has 2 N–H and O–H groups in total. The molecule has 0 radical (unpaired) electrons. The Balaban J connectivity index is 1.34. The van der Waals surface area contributed by atoms with Crippen LogP contribution in [0.3, 0.4) is 0 Å². The van der Waals surface area contributed by atoms with Gasteiger partial charge in [-0.1, -0.05) is 30.3 Å². The third kappa shape index (κ3) is 6.69. The van der Waals surface area contributed by atoms with Crippen molar-refractivity contribution in [1.82, 2.24) is 20.0 Å². The molecule has 0 aromatic heterocycles. The number of carbonyl (C=O) groups is 3. The van der Waals surface area contributed by atoms with Crippen LogP contribution >= 0.6 is 0 Å². The second-order valence-corrected chi connectivity index (χ2v) is 7.63. The average Bonchev–Trinajstić information content (AvgIpc) is 2.81. The van der Waals surface area contributed by atoms with Gasteiger partial charge in [0.2, 0.25) is 5.91 Å². The van der Waals surface area contributed by atoms with E-state index in [9.17, 15) is 18.8 Å². The monoisotopic (exact) mass is 441 g/mol. The van der Waals surface area contributed by atoms with Crippen molar-refractivity contribution in [3.05, 3.63) is 66.0 Å². The predicted molar refractivity (Wildman–Crippen MR) is 119 cm³/mol. The first-order chi connectivity index (χ1) is 15.4. The molecule has 8 nitrogen and oxygen atoms in total. The van der Waals surface area contributed by atoms with Gasteiger partial charge in [0.25, 0.3) is 0 Å². The van der Waals surface area contributed by atoms with Crippen LogP contribution in [0.5, 0.6) is 0 Å². The van der Waals surface area contributed by atoms with Crippen molar-refractivity contribution in [3.63, 3.8) is 0 Å². The van der Waals surface area contributed by atoms with Gasteiger partial charge in [0.05, 0.1) is 0 Å². The molecule has 0 bridgehead atoms. The van der Waals surface area contributed by atoms with Gasteiger partial charge < -0.3 is 25.3 Å². The van der Waals surface area contributed by atoms with Crippen molar-refractivity contribution in [3.8, 4) is 0 Å². The fraction of sp³-hybridized carbons (Fsp3) is 0.348. The van der Waals surface area contributed by atoms with Gasteiger partial charge in [-0.05, 0) is 29.8 Å². The van der Waals surface area contributed by atoms with Gasteiger partial charge in [-0.25, -0.2) is 14.0 Å². The van der Waals surface area contributed by atoms with Gasteiger partial charge in [0.1, 0.15) is 5.82 Å². The fourth-order valence-electron chi connectivity index (χ4n) is 3.39. The van der Waals surface area contributed by atoms with Crippen LogP contribution in [-0.4, -0.2) is 72.4 Å². The summed E-state index contributed by atoms with van der Waals surface area (Å²) < 4.78 is 13.0.